The van der Waals surface area contributed by atoms with Gasteiger partial charge < -0.3 is 0 Å². The zero-order valence-electron chi connectivity index (χ0n) is 15.5. The zero-order valence-corrected chi connectivity index (χ0v) is 16.3. The van der Waals surface area contributed by atoms with Crippen LogP contribution >= 0.6 is 0 Å². The molecule has 0 aliphatic heterocycles. The molecule has 0 unspecified atom stereocenters. The van der Waals surface area contributed by atoms with Crippen molar-refractivity contribution in [3.05, 3.63) is 12.7 Å². The van der Waals surface area contributed by atoms with Gasteiger partial charge in [-0.15, -0.1) is 0 Å². The number of sulfone groups is 1. The van der Waals surface area contributed by atoms with Crippen LogP contribution in [0.2, 0.25) is 0 Å². The lowest BCUT2D eigenvalue weighted by atomic mass is 10.0. The van der Waals surface area contributed by atoms with Gasteiger partial charge in [0.1, 0.15) is 0 Å². The van der Waals surface area contributed by atoms with Gasteiger partial charge in [-0.2, -0.15) is 0 Å². The fraction of sp³-hybridized carbons (Fsp3) is 0.900. The topological polar surface area (TPSA) is 34.1 Å². The fourth-order valence-electron chi connectivity index (χ4n) is 2.92. The summed E-state index contributed by atoms with van der Waals surface area (Å²) in [5.74, 6) is 1.45. The van der Waals surface area contributed by atoms with Gasteiger partial charge in [-0.3, -0.25) is 0 Å². The van der Waals surface area contributed by atoms with E-state index in [9.17, 15) is 8.42 Å². The quantitative estimate of drug-likeness (QED) is 0.261. The molecule has 0 aliphatic rings. The van der Waals surface area contributed by atoms with E-state index >= 15 is 0 Å². The van der Waals surface area contributed by atoms with E-state index in [1.165, 1.54) is 102 Å². The van der Waals surface area contributed by atoms with Crippen molar-refractivity contribution in [1.82, 2.24) is 0 Å². The smallest absolute Gasteiger partial charge is 0.151 e. The van der Waals surface area contributed by atoms with Gasteiger partial charge in [-0.25, -0.2) is 8.42 Å². The maximum absolute atomic E-state index is 10.9. The van der Waals surface area contributed by atoms with Crippen molar-refractivity contribution in [2.24, 2.45) is 0 Å². The van der Waals surface area contributed by atoms with E-state index in [2.05, 4.69) is 6.92 Å². The average molecular weight is 345 g/mol. The molecule has 0 aliphatic carbocycles. The lowest BCUT2D eigenvalue weighted by Gasteiger charge is -2.03. The molecule has 0 saturated carbocycles. The first-order chi connectivity index (χ1) is 11.1. The summed E-state index contributed by atoms with van der Waals surface area (Å²) in [4.78, 5) is 0. The predicted molar refractivity (Wildman–Crippen MR) is 103 cm³/mol. The van der Waals surface area contributed by atoms with Gasteiger partial charge >= 0.3 is 0 Å². The molecule has 3 heteroatoms. The Morgan fingerprint density at radius 2 is 0.913 bits per heavy atom. The molecule has 2 nitrogen and oxygen atoms in total. The molecule has 0 atom stereocenters. The summed E-state index contributed by atoms with van der Waals surface area (Å²) in [6, 6.07) is 0. The van der Waals surface area contributed by atoms with E-state index in [1.807, 2.05) is 0 Å². The van der Waals surface area contributed by atoms with Gasteiger partial charge in [0, 0.05) is 6.26 Å². The van der Waals surface area contributed by atoms with Gasteiger partial charge in [-0.05, 0) is 6.42 Å². The summed E-state index contributed by atoms with van der Waals surface area (Å²) in [5.41, 5.74) is 0. The van der Waals surface area contributed by atoms with Crippen LogP contribution in [0.4, 0.5) is 0 Å². The molecular weight excluding hydrogens is 304 g/mol. The first-order valence-electron chi connectivity index (χ1n) is 9.89. The Labute approximate surface area is 146 Å². The van der Waals surface area contributed by atoms with Gasteiger partial charge in [0.15, 0.2) is 9.84 Å². The largest absolute Gasteiger partial charge is 0.229 e. The second kappa shape index (κ2) is 16.8. The van der Waals surface area contributed by atoms with E-state index < -0.39 is 9.84 Å². The van der Waals surface area contributed by atoms with Crippen molar-refractivity contribution in [2.45, 2.75) is 109 Å². The number of hydrogen-bond acceptors (Lipinski definition) is 2. The van der Waals surface area contributed by atoms with Crippen LogP contribution in [-0.2, 0) is 9.84 Å². The summed E-state index contributed by atoms with van der Waals surface area (Å²) < 4.78 is 21.9. The second-order valence-corrected chi connectivity index (χ2v) is 8.93. The zero-order chi connectivity index (χ0) is 17.2. The molecular formula is C20H40O2S. The van der Waals surface area contributed by atoms with Crippen LogP contribution in [0.15, 0.2) is 0 Å². The molecule has 0 aromatic rings. The van der Waals surface area contributed by atoms with Crippen LogP contribution in [0.5, 0.6) is 0 Å². The first kappa shape index (κ1) is 22.9. The van der Waals surface area contributed by atoms with E-state index in [4.69, 9.17) is 0 Å². The summed E-state index contributed by atoms with van der Waals surface area (Å²) >= 11 is 0. The van der Waals surface area contributed by atoms with Crippen LogP contribution in [0, 0.1) is 12.7 Å². The van der Waals surface area contributed by atoms with Crippen LogP contribution < -0.4 is 0 Å². The van der Waals surface area contributed by atoms with Crippen LogP contribution in [0.25, 0.3) is 0 Å². The van der Waals surface area contributed by atoms with E-state index in [0.717, 1.165) is 12.8 Å². The Kier molecular flexibility index (Phi) is 16.8. The predicted octanol–water partition coefficient (Wildman–Crippen LogP) is 6.66. The normalized spacial score (nSPS) is 11.9. The Morgan fingerprint density at radius 1 is 0.609 bits per heavy atom. The Hall–Kier alpha value is -0.0500. The van der Waals surface area contributed by atoms with Crippen LogP contribution in [0.3, 0.4) is 0 Å². The SMILES string of the molecule is [CH2]CCCCCCCCCCCCCCCCC[CH]S(C)(=O)=O. The highest BCUT2D eigenvalue weighted by Crippen LogP contribution is 2.14. The van der Waals surface area contributed by atoms with Crippen LogP contribution in [-0.4, -0.2) is 14.7 Å². The van der Waals surface area contributed by atoms with Gasteiger partial charge in [-0.1, -0.05) is 110 Å². The Morgan fingerprint density at radius 3 is 1.22 bits per heavy atom. The third-order valence-electron chi connectivity index (χ3n) is 4.37. The molecule has 0 fully saturated rings. The lowest BCUT2D eigenvalue weighted by Crippen LogP contribution is -1.95. The third kappa shape index (κ3) is 21.9. The molecule has 23 heavy (non-hydrogen) atoms. The maximum atomic E-state index is 10.9. The van der Waals surface area contributed by atoms with E-state index in [0.29, 0.717) is 6.42 Å². The number of rotatable bonds is 18. The lowest BCUT2D eigenvalue weighted by molar-refractivity contribution is 0.530. The highest BCUT2D eigenvalue weighted by Gasteiger charge is 2.01. The molecule has 0 N–H and O–H groups in total. The van der Waals surface area contributed by atoms with E-state index in [1.54, 1.807) is 0 Å². The number of unbranched alkanes of at least 4 members (excludes halogenated alkanes) is 16. The first-order valence-corrected chi connectivity index (χ1v) is 11.8. The molecule has 0 aromatic heterocycles. The molecule has 0 aromatic carbocycles. The minimum atomic E-state index is -2.87. The molecule has 0 heterocycles. The van der Waals surface area contributed by atoms with Gasteiger partial charge in [0.25, 0.3) is 0 Å². The molecule has 2 radical (unpaired) electrons. The highest BCUT2D eigenvalue weighted by molar-refractivity contribution is 7.92. The fourth-order valence-corrected chi connectivity index (χ4v) is 3.51. The Bertz CT molecular complexity index is 323. The second-order valence-electron chi connectivity index (χ2n) is 6.94. The maximum Gasteiger partial charge on any atom is 0.151 e. The minimum absolute atomic E-state index is 0.716. The van der Waals surface area contributed by atoms with Crippen molar-refractivity contribution in [3.63, 3.8) is 0 Å². The van der Waals surface area contributed by atoms with Gasteiger partial charge in [0.2, 0.25) is 0 Å². The van der Waals surface area contributed by atoms with Crippen LogP contribution in [0.1, 0.15) is 109 Å². The summed E-state index contributed by atoms with van der Waals surface area (Å²) in [6.07, 6.45) is 23.1. The van der Waals surface area contributed by atoms with Crippen molar-refractivity contribution >= 4 is 9.84 Å². The average Bonchev–Trinajstić information content (AvgIpc) is 2.49. The summed E-state index contributed by atoms with van der Waals surface area (Å²) in [7, 11) is -2.87. The third-order valence-corrected chi connectivity index (χ3v) is 5.22. The molecule has 0 amide bonds. The monoisotopic (exact) mass is 344 g/mol. The summed E-state index contributed by atoms with van der Waals surface area (Å²) in [6.45, 7) is 3.88. The molecule has 0 rings (SSSR count). The van der Waals surface area contributed by atoms with Crippen molar-refractivity contribution in [1.29, 1.82) is 0 Å². The van der Waals surface area contributed by atoms with Crippen molar-refractivity contribution in [3.8, 4) is 0 Å². The molecule has 0 bridgehead atoms. The van der Waals surface area contributed by atoms with Crippen molar-refractivity contribution < 1.29 is 8.42 Å². The van der Waals surface area contributed by atoms with E-state index in [-0.39, 0.29) is 0 Å². The Balaban J connectivity index is 3.03. The molecule has 0 saturated heterocycles. The molecule has 138 valence electrons. The molecule has 0 spiro atoms. The number of hydrogen-bond donors (Lipinski definition) is 0. The van der Waals surface area contributed by atoms with Crippen molar-refractivity contribution in [2.75, 3.05) is 6.26 Å². The van der Waals surface area contributed by atoms with Gasteiger partial charge in [0.05, 0.1) is 5.75 Å². The standard InChI is InChI=1S/C20H40O2S/c1-3-4-5-6-7-8-9-10-11-12-13-14-15-16-17-18-19-20-23(2,21)22/h20H,1,3-19H2,2H3. The minimum Gasteiger partial charge on any atom is -0.229 e. The summed E-state index contributed by atoms with van der Waals surface area (Å²) in [5, 5.41) is 0. The highest BCUT2D eigenvalue weighted by atomic mass is 32.2.